The Bertz CT molecular complexity index is 958. The van der Waals surface area contributed by atoms with Crippen molar-refractivity contribution < 1.29 is 9.18 Å². The third-order valence-corrected chi connectivity index (χ3v) is 6.45. The van der Waals surface area contributed by atoms with Crippen LogP contribution in [0.25, 0.3) is 0 Å². The Kier molecular flexibility index (Phi) is 6.40. The van der Waals surface area contributed by atoms with Crippen LogP contribution in [-0.4, -0.2) is 48.0 Å². The predicted octanol–water partition coefficient (Wildman–Crippen LogP) is 3.96. The summed E-state index contributed by atoms with van der Waals surface area (Å²) in [6.07, 6.45) is 3.25. The highest BCUT2D eigenvalue weighted by Gasteiger charge is 2.31. The summed E-state index contributed by atoms with van der Waals surface area (Å²) in [5.74, 6) is -0.282. The molecule has 4 rings (SSSR count). The molecule has 1 aliphatic rings. The number of benzene rings is 1. The largest absolute Gasteiger partial charge is 0.367 e. The smallest absolute Gasteiger partial charge is 0.251 e. The summed E-state index contributed by atoms with van der Waals surface area (Å²) < 4.78 is 14.2. The fourth-order valence-electron chi connectivity index (χ4n) is 4.02. The Morgan fingerprint density at radius 1 is 1.07 bits per heavy atom. The van der Waals surface area contributed by atoms with Crippen molar-refractivity contribution in [3.05, 3.63) is 82.6 Å². The number of halogens is 1. The molecule has 0 saturated carbocycles. The number of hydrogen-bond acceptors (Lipinski definition) is 5. The summed E-state index contributed by atoms with van der Waals surface area (Å²) in [5.41, 5.74) is 1.26. The topological polar surface area (TPSA) is 48.5 Å². The molecule has 156 valence electrons. The molecule has 1 fully saturated rings. The normalized spacial score (nSPS) is 16.8. The second-order valence-electron chi connectivity index (χ2n) is 7.43. The number of aromatic nitrogens is 1. The molecule has 1 aliphatic heterocycles. The standard InChI is InChI=1S/C23H25FN4OS/c1-17(26-23(29)18-8-10-25-11-9-18)22(21-7-4-16-30-21)28-14-12-27(13-15-28)20-6-3-2-5-19(20)24/h2-11,16-17,22H,12-15H2,1H3,(H,26,29)/t17-,22+/m1/s1. The summed E-state index contributed by atoms with van der Waals surface area (Å²) in [6, 6.07) is 14.5. The van der Waals surface area contributed by atoms with E-state index in [1.165, 1.54) is 10.9 Å². The maximum atomic E-state index is 14.2. The Hall–Kier alpha value is -2.77. The van der Waals surface area contributed by atoms with Crippen LogP contribution in [0, 0.1) is 5.82 Å². The number of nitrogens with zero attached hydrogens (tertiary/aromatic N) is 3. The minimum atomic E-state index is -0.182. The van der Waals surface area contributed by atoms with Gasteiger partial charge in [0.05, 0.1) is 11.7 Å². The predicted molar refractivity (Wildman–Crippen MR) is 118 cm³/mol. The third kappa shape index (κ3) is 4.52. The lowest BCUT2D eigenvalue weighted by Gasteiger charge is -2.42. The highest BCUT2D eigenvalue weighted by molar-refractivity contribution is 7.10. The van der Waals surface area contributed by atoms with Crippen LogP contribution in [-0.2, 0) is 0 Å². The molecule has 0 radical (unpaired) electrons. The molecule has 5 nitrogen and oxygen atoms in total. The molecule has 30 heavy (non-hydrogen) atoms. The molecule has 3 aromatic rings. The first-order valence-corrected chi connectivity index (χ1v) is 11.0. The van der Waals surface area contributed by atoms with Gasteiger partial charge >= 0.3 is 0 Å². The molecule has 1 amide bonds. The quantitative estimate of drug-likeness (QED) is 0.651. The van der Waals surface area contributed by atoms with E-state index < -0.39 is 0 Å². The SMILES string of the molecule is C[C@@H](NC(=O)c1ccncc1)[C@@H](c1cccs1)N1CCN(c2ccccc2F)CC1. The number of nitrogens with one attached hydrogen (secondary N) is 1. The van der Waals surface area contributed by atoms with Gasteiger partial charge in [-0.2, -0.15) is 0 Å². The zero-order valence-corrected chi connectivity index (χ0v) is 17.7. The number of thiophene rings is 1. The highest BCUT2D eigenvalue weighted by Crippen LogP contribution is 2.30. The summed E-state index contributed by atoms with van der Waals surface area (Å²) in [5, 5.41) is 5.22. The van der Waals surface area contributed by atoms with Crippen LogP contribution in [0.3, 0.4) is 0 Å². The molecular formula is C23H25FN4OS. The summed E-state index contributed by atoms with van der Waals surface area (Å²) in [7, 11) is 0. The van der Waals surface area contributed by atoms with E-state index in [0.29, 0.717) is 11.3 Å². The first-order valence-electron chi connectivity index (χ1n) is 10.1. The Labute approximate surface area is 180 Å². The summed E-state index contributed by atoms with van der Waals surface area (Å²) in [4.78, 5) is 22.4. The average molecular weight is 425 g/mol. The first-order chi connectivity index (χ1) is 14.6. The molecule has 2 atom stereocenters. The van der Waals surface area contributed by atoms with E-state index in [9.17, 15) is 9.18 Å². The van der Waals surface area contributed by atoms with Crippen molar-refractivity contribution in [2.24, 2.45) is 0 Å². The number of anilines is 1. The van der Waals surface area contributed by atoms with Gasteiger partial charge in [0.1, 0.15) is 5.82 Å². The van der Waals surface area contributed by atoms with Gasteiger partial charge in [-0.05, 0) is 42.6 Å². The van der Waals surface area contributed by atoms with Crippen LogP contribution in [0.4, 0.5) is 10.1 Å². The van der Waals surface area contributed by atoms with Crippen LogP contribution in [0.2, 0.25) is 0 Å². The first kappa shape index (κ1) is 20.5. The zero-order valence-electron chi connectivity index (χ0n) is 16.9. The van der Waals surface area contributed by atoms with Crippen molar-refractivity contribution in [3.8, 4) is 0 Å². The van der Waals surface area contributed by atoms with Crippen LogP contribution < -0.4 is 10.2 Å². The number of carbonyl (C=O) groups is 1. The van der Waals surface area contributed by atoms with Crippen LogP contribution in [0.1, 0.15) is 28.2 Å². The minimum Gasteiger partial charge on any atom is -0.367 e. The lowest BCUT2D eigenvalue weighted by Crippen LogP contribution is -2.52. The van der Waals surface area contributed by atoms with Crippen molar-refractivity contribution in [2.75, 3.05) is 31.1 Å². The van der Waals surface area contributed by atoms with Gasteiger partial charge in [-0.3, -0.25) is 14.7 Å². The fourth-order valence-corrected chi connectivity index (χ4v) is 4.99. The van der Waals surface area contributed by atoms with Gasteiger partial charge < -0.3 is 10.2 Å². The third-order valence-electron chi connectivity index (χ3n) is 5.51. The number of para-hydroxylation sites is 1. The molecule has 0 unspecified atom stereocenters. The van der Waals surface area contributed by atoms with E-state index in [4.69, 9.17) is 0 Å². The molecule has 1 aromatic carbocycles. The van der Waals surface area contributed by atoms with Crippen molar-refractivity contribution in [2.45, 2.75) is 19.0 Å². The Morgan fingerprint density at radius 3 is 2.47 bits per heavy atom. The zero-order chi connectivity index (χ0) is 20.9. The van der Waals surface area contributed by atoms with Crippen molar-refractivity contribution in [3.63, 3.8) is 0 Å². The monoisotopic (exact) mass is 424 g/mol. The van der Waals surface area contributed by atoms with Gasteiger partial charge in [-0.25, -0.2) is 4.39 Å². The second-order valence-corrected chi connectivity index (χ2v) is 8.41. The van der Waals surface area contributed by atoms with Crippen molar-refractivity contribution in [1.29, 1.82) is 0 Å². The van der Waals surface area contributed by atoms with Crippen molar-refractivity contribution in [1.82, 2.24) is 15.2 Å². The lowest BCUT2D eigenvalue weighted by atomic mass is 10.0. The Balaban J connectivity index is 1.47. The van der Waals surface area contributed by atoms with E-state index in [-0.39, 0.29) is 23.8 Å². The van der Waals surface area contributed by atoms with E-state index in [1.54, 1.807) is 41.9 Å². The van der Waals surface area contributed by atoms with E-state index in [0.717, 1.165) is 26.2 Å². The number of carbonyl (C=O) groups excluding carboxylic acids is 1. The minimum absolute atomic E-state index is 0.0681. The molecule has 0 aliphatic carbocycles. The molecule has 0 spiro atoms. The molecule has 0 bridgehead atoms. The highest BCUT2D eigenvalue weighted by atomic mass is 32.1. The number of piperazine rings is 1. The molecule has 1 saturated heterocycles. The van der Waals surface area contributed by atoms with Gasteiger partial charge in [0, 0.05) is 55.1 Å². The van der Waals surface area contributed by atoms with Crippen LogP contribution >= 0.6 is 11.3 Å². The Morgan fingerprint density at radius 2 is 1.80 bits per heavy atom. The molecule has 1 N–H and O–H groups in total. The van der Waals surface area contributed by atoms with Gasteiger partial charge in [0.25, 0.3) is 5.91 Å². The summed E-state index contributed by atoms with van der Waals surface area (Å²) >= 11 is 1.70. The molecule has 3 heterocycles. The average Bonchev–Trinajstić information content (AvgIpc) is 3.30. The van der Waals surface area contributed by atoms with Crippen LogP contribution in [0.5, 0.6) is 0 Å². The van der Waals surface area contributed by atoms with Crippen molar-refractivity contribution >= 4 is 22.9 Å². The number of pyridine rings is 1. The summed E-state index contributed by atoms with van der Waals surface area (Å²) in [6.45, 7) is 5.13. The maximum absolute atomic E-state index is 14.2. The van der Waals surface area contributed by atoms with Gasteiger partial charge in [0.2, 0.25) is 0 Å². The number of amides is 1. The van der Waals surface area contributed by atoms with E-state index >= 15 is 0 Å². The number of hydrogen-bond donors (Lipinski definition) is 1. The molecular weight excluding hydrogens is 399 g/mol. The van der Waals surface area contributed by atoms with Gasteiger partial charge in [-0.1, -0.05) is 18.2 Å². The fraction of sp³-hybridized carbons (Fsp3) is 0.304. The second kappa shape index (κ2) is 9.36. The van der Waals surface area contributed by atoms with E-state index in [1.807, 2.05) is 25.1 Å². The molecule has 2 aromatic heterocycles. The van der Waals surface area contributed by atoms with Crippen LogP contribution in [0.15, 0.2) is 66.3 Å². The maximum Gasteiger partial charge on any atom is 0.251 e. The van der Waals surface area contributed by atoms with Gasteiger partial charge in [-0.15, -0.1) is 11.3 Å². The molecule has 7 heteroatoms. The lowest BCUT2D eigenvalue weighted by molar-refractivity contribution is 0.0890. The van der Waals surface area contributed by atoms with E-state index in [2.05, 4.69) is 31.5 Å². The number of rotatable bonds is 6. The van der Waals surface area contributed by atoms with Gasteiger partial charge in [0.15, 0.2) is 0 Å².